The van der Waals surface area contributed by atoms with Crippen LogP contribution in [0.4, 0.5) is 5.69 Å². The summed E-state index contributed by atoms with van der Waals surface area (Å²) in [7, 11) is 0. The molecule has 24 heavy (non-hydrogen) atoms. The Morgan fingerprint density at radius 2 is 1.67 bits per heavy atom. The number of esters is 1. The van der Waals surface area contributed by atoms with Crippen LogP contribution in [-0.2, 0) is 14.3 Å². The summed E-state index contributed by atoms with van der Waals surface area (Å²) in [4.78, 5) is 39.4. The Hall–Kier alpha value is -2.43. The summed E-state index contributed by atoms with van der Waals surface area (Å²) in [6, 6.07) is 6.68. The number of rotatable bonds is 3. The highest BCUT2D eigenvalue weighted by Gasteiger charge is 2.57. The van der Waals surface area contributed by atoms with Crippen LogP contribution in [0, 0.1) is 23.7 Å². The molecule has 4 atom stereocenters. The van der Waals surface area contributed by atoms with Crippen LogP contribution >= 0.6 is 0 Å². The summed E-state index contributed by atoms with van der Waals surface area (Å²) in [5.41, 5.74) is 0.611. The molecule has 1 saturated carbocycles. The number of ether oxygens (including phenoxy) is 1. The molecular weight excluding hydrogens is 306 g/mol. The van der Waals surface area contributed by atoms with Gasteiger partial charge in [-0.15, -0.1) is 0 Å². The molecule has 2 bridgehead atoms. The summed E-state index contributed by atoms with van der Waals surface area (Å²) in [5, 5.41) is 0. The fourth-order valence-electron chi connectivity index (χ4n) is 4.36. The molecule has 124 valence electrons. The number of nitrogens with zero attached hydrogens (tertiary/aromatic N) is 1. The van der Waals surface area contributed by atoms with Crippen molar-refractivity contribution in [2.45, 2.75) is 19.8 Å². The van der Waals surface area contributed by atoms with Gasteiger partial charge >= 0.3 is 5.97 Å². The Kier molecular flexibility index (Phi) is 3.52. The lowest BCUT2D eigenvalue weighted by Gasteiger charge is -2.38. The Morgan fingerprint density at radius 1 is 1.08 bits per heavy atom. The molecule has 1 heterocycles. The van der Waals surface area contributed by atoms with Crippen LogP contribution in [0.15, 0.2) is 36.4 Å². The van der Waals surface area contributed by atoms with Crippen LogP contribution in [0.5, 0.6) is 0 Å². The van der Waals surface area contributed by atoms with E-state index in [0.717, 1.165) is 12.8 Å². The first-order chi connectivity index (χ1) is 11.6. The van der Waals surface area contributed by atoms with Gasteiger partial charge in [-0.2, -0.15) is 0 Å². The van der Waals surface area contributed by atoms with Gasteiger partial charge in [0.2, 0.25) is 11.8 Å². The molecule has 2 fully saturated rings. The van der Waals surface area contributed by atoms with E-state index in [1.54, 1.807) is 31.2 Å². The predicted octanol–water partition coefficient (Wildman–Crippen LogP) is 2.56. The maximum Gasteiger partial charge on any atom is 0.340 e. The first kappa shape index (κ1) is 15.1. The standard InChI is InChI=1S/C19H19NO4/c1-2-24-19(23)13-5-3-4-6-14(13)20-17(21)15-11-7-8-12(10-9-11)16(15)18(20)22/h3-8,11-12,15-16H,2,9-10H2,1H3/t11-,12-,15+,16+/m0/s1. The second kappa shape index (κ2) is 5.58. The lowest BCUT2D eigenvalue weighted by atomic mass is 9.63. The van der Waals surface area contributed by atoms with Gasteiger partial charge in [-0.05, 0) is 43.7 Å². The molecule has 1 aromatic carbocycles. The van der Waals surface area contributed by atoms with Crippen molar-refractivity contribution in [3.8, 4) is 0 Å². The molecule has 3 aliphatic carbocycles. The molecule has 5 nitrogen and oxygen atoms in total. The van der Waals surface area contributed by atoms with Gasteiger partial charge in [0.1, 0.15) is 0 Å². The van der Waals surface area contributed by atoms with E-state index in [1.807, 2.05) is 0 Å². The maximum absolute atomic E-state index is 13.0. The van der Waals surface area contributed by atoms with E-state index in [4.69, 9.17) is 4.74 Å². The van der Waals surface area contributed by atoms with Crippen molar-refractivity contribution in [1.29, 1.82) is 0 Å². The molecule has 0 N–H and O–H groups in total. The average molecular weight is 325 g/mol. The van der Waals surface area contributed by atoms with Crippen molar-refractivity contribution in [3.05, 3.63) is 42.0 Å². The molecule has 0 spiro atoms. The summed E-state index contributed by atoms with van der Waals surface area (Å²) in [6.07, 6.45) is 6.08. The Labute approximate surface area is 140 Å². The SMILES string of the molecule is CCOC(=O)c1ccccc1N1C(=O)[C@H]2[C@H](C1=O)[C@H]1C=C[C@H]2CC1. The molecule has 0 unspecified atom stereocenters. The minimum atomic E-state index is -0.510. The second-order valence-corrected chi connectivity index (χ2v) is 6.59. The van der Waals surface area contributed by atoms with Gasteiger partial charge in [0.15, 0.2) is 0 Å². The van der Waals surface area contributed by atoms with Crippen LogP contribution in [0.1, 0.15) is 30.1 Å². The van der Waals surface area contributed by atoms with Crippen molar-refractivity contribution in [1.82, 2.24) is 0 Å². The summed E-state index contributed by atoms with van der Waals surface area (Å²) >= 11 is 0. The fraction of sp³-hybridized carbons (Fsp3) is 0.421. The van der Waals surface area contributed by atoms with Gasteiger partial charge in [0.25, 0.3) is 0 Å². The zero-order valence-electron chi connectivity index (χ0n) is 13.5. The second-order valence-electron chi connectivity index (χ2n) is 6.59. The number of hydrogen-bond donors (Lipinski definition) is 0. The third-order valence-electron chi connectivity index (χ3n) is 5.40. The van der Waals surface area contributed by atoms with Gasteiger partial charge in [0.05, 0.1) is 29.7 Å². The number of imide groups is 1. The zero-order chi connectivity index (χ0) is 16.8. The number of anilines is 1. The number of carbonyl (C=O) groups is 3. The molecule has 1 saturated heterocycles. The topological polar surface area (TPSA) is 63.7 Å². The number of amides is 2. The number of hydrogen-bond acceptors (Lipinski definition) is 4. The fourth-order valence-corrected chi connectivity index (χ4v) is 4.36. The van der Waals surface area contributed by atoms with Gasteiger partial charge in [-0.1, -0.05) is 24.3 Å². The highest BCUT2D eigenvalue weighted by atomic mass is 16.5. The van der Waals surface area contributed by atoms with E-state index >= 15 is 0 Å². The molecule has 2 amide bonds. The number of para-hydroxylation sites is 1. The van der Waals surface area contributed by atoms with Gasteiger partial charge in [-0.3, -0.25) is 9.59 Å². The van der Waals surface area contributed by atoms with Crippen LogP contribution in [0.25, 0.3) is 0 Å². The largest absolute Gasteiger partial charge is 0.462 e. The third kappa shape index (κ3) is 2.04. The van der Waals surface area contributed by atoms with Gasteiger partial charge in [0, 0.05) is 0 Å². The normalized spacial score (nSPS) is 30.6. The Morgan fingerprint density at radius 3 is 2.21 bits per heavy atom. The summed E-state index contributed by atoms with van der Waals surface area (Å²) < 4.78 is 5.07. The Bertz CT molecular complexity index is 721. The predicted molar refractivity (Wildman–Crippen MR) is 87.2 cm³/mol. The van der Waals surface area contributed by atoms with Crippen molar-refractivity contribution in [3.63, 3.8) is 0 Å². The van der Waals surface area contributed by atoms with Gasteiger partial charge < -0.3 is 4.74 Å². The minimum Gasteiger partial charge on any atom is -0.462 e. The lowest BCUT2D eigenvalue weighted by molar-refractivity contribution is -0.124. The molecule has 1 aromatic rings. The maximum atomic E-state index is 13.0. The van der Waals surface area contributed by atoms with E-state index in [0.29, 0.717) is 5.69 Å². The van der Waals surface area contributed by atoms with E-state index < -0.39 is 5.97 Å². The van der Waals surface area contributed by atoms with Crippen molar-refractivity contribution >= 4 is 23.5 Å². The van der Waals surface area contributed by atoms with Crippen LogP contribution in [-0.4, -0.2) is 24.4 Å². The van der Waals surface area contributed by atoms with Crippen LogP contribution < -0.4 is 4.90 Å². The number of carbonyl (C=O) groups excluding carboxylic acids is 3. The molecule has 5 heteroatoms. The van der Waals surface area contributed by atoms with E-state index in [1.165, 1.54) is 4.90 Å². The highest BCUT2D eigenvalue weighted by molar-refractivity contribution is 6.24. The quantitative estimate of drug-likeness (QED) is 0.487. The number of benzene rings is 1. The van der Waals surface area contributed by atoms with E-state index in [9.17, 15) is 14.4 Å². The molecule has 5 rings (SSSR count). The van der Waals surface area contributed by atoms with Crippen LogP contribution in [0.2, 0.25) is 0 Å². The first-order valence-electron chi connectivity index (χ1n) is 8.45. The van der Waals surface area contributed by atoms with Crippen molar-refractivity contribution < 1.29 is 19.1 Å². The molecule has 0 radical (unpaired) electrons. The summed E-state index contributed by atoms with van der Waals surface area (Å²) in [6.45, 7) is 1.97. The average Bonchev–Trinajstić information content (AvgIpc) is 2.89. The summed E-state index contributed by atoms with van der Waals surface area (Å²) in [5.74, 6) is -1.16. The lowest BCUT2D eigenvalue weighted by Crippen LogP contribution is -2.38. The van der Waals surface area contributed by atoms with Crippen molar-refractivity contribution in [2.75, 3.05) is 11.5 Å². The molecule has 4 aliphatic rings. The van der Waals surface area contributed by atoms with Crippen LogP contribution in [0.3, 0.4) is 0 Å². The molecule has 1 aliphatic heterocycles. The van der Waals surface area contributed by atoms with Crippen molar-refractivity contribution in [2.24, 2.45) is 23.7 Å². The first-order valence-corrected chi connectivity index (χ1v) is 8.45. The van der Waals surface area contributed by atoms with E-state index in [2.05, 4.69) is 12.2 Å². The van der Waals surface area contributed by atoms with E-state index in [-0.39, 0.29) is 47.7 Å². The minimum absolute atomic E-state index is 0.135. The smallest absolute Gasteiger partial charge is 0.340 e. The zero-order valence-corrected chi connectivity index (χ0v) is 13.5. The Balaban J connectivity index is 1.75. The highest BCUT2D eigenvalue weighted by Crippen LogP contribution is 2.50. The molecular formula is C19H19NO4. The number of fused-ring (bicyclic) bond motifs is 1. The van der Waals surface area contributed by atoms with Gasteiger partial charge in [-0.25, -0.2) is 9.69 Å². The monoisotopic (exact) mass is 325 g/mol. The number of allylic oxidation sites excluding steroid dienone is 2. The molecule has 0 aromatic heterocycles. The third-order valence-corrected chi connectivity index (χ3v) is 5.40.